The van der Waals surface area contributed by atoms with Crippen LogP contribution in [0.3, 0.4) is 0 Å². The van der Waals surface area contributed by atoms with Crippen LogP contribution in [0.4, 0.5) is 27.6 Å². The molecule has 0 aromatic heterocycles. The zero-order valence-corrected chi connectivity index (χ0v) is 22.0. The summed E-state index contributed by atoms with van der Waals surface area (Å²) in [5.41, 5.74) is 4.01. The van der Waals surface area contributed by atoms with Crippen molar-refractivity contribution < 1.29 is 31.6 Å². The highest BCUT2D eigenvalue weighted by molar-refractivity contribution is 5.95. The minimum atomic E-state index is -4.38. The first-order chi connectivity index (χ1) is 18.9. The Bertz CT molecular complexity index is 1320. The monoisotopic (exact) mass is 564 g/mol. The first-order valence-corrected chi connectivity index (χ1v) is 12.6. The van der Waals surface area contributed by atoms with Crippen LogP contribution in [0.2, 0.25) is 0 Å². The van der Waals surface area contributed by atoms with Crippen LogP contribution in [0.15, 0.2) is 45.3 Å². The fourth-order valence-corrected chi connectivity index (χ4v) is 4.76. The number of hydrogen-bond donors (Lipinski definition) is 1. The smallest absolute Gasteiger partial charge is 0.345 e. The average molecular weight is 565 g/mol. The summed E-state index contributed by atoms with van der Waals surface area (Å²) in [6.07, 6.45) is -4.40. The molecule has 1 atom stereocenters. The molecule has 1 saturated heterocycles. The van der Waals surface area contributed by atoms with E-state index in [1.54, 1.807) is 0 Å². The maximum absolute atomic E-state index is 14.9. The summed E-state index contributed by atoms with van der Waals surface area (Å²) in [5, 5.41) is 0. The van der Waals surface area contributed by atoms with Crippen molar-refractivity contribution >= 4 is 30.5 Å². The first kappa shape index (κ1) is 29.3. The third-order valence-corrected chi connectivity index (χ3v) is 6.70. The Hall–Kier alpha value is -3.71. The molecule has 13 heteroatoms. The summed E-state index contributed by atoms with van der Waals surface area (Å²) in [7, 11) is 3.03. The first-order valence-electron chi connectivity index (χ1n) is 12.6. The lowest BCUT2D eigenvalue weighted by molar-refractivity contribution is -0.161. The molecule has 2 aromatic carbocycles. The second-order valence-electron chi connectivity index (χ2n) is 9.84. The van der Waals surface area contributed by atoms with E-state index in [0.717, 1.165) is 0 Å². The molecular formula is C27H29F5N6O2. The van der Waals surface area contributed by atoms with Crippen molar-refractivity contribution in [1.82, 2.24) is 15.3 Å². The topological polar surface area (TPSA) is 81.9 Å². The predicted octanol–water partition coefficient (Wildman–Crippen LogP) is 5.12. The Morgan fingerprint density at radius 1 is 1.23 bits per heavy atom. The van der Waals surface area contributed by atoms with Crippen molar-refractivity contribution in [3.63, 3.8) is 0 Å². The zero-order chi connectivity index (χ0) is 29.0. The van der Waals surface area contributed by atoms with Crippen molar-refractivity contribution in [3.8, 4) is 11.1 Å². The SMILES string of the molecule is C=NC=Nc1c(CN2CCC(C3=NC(CC(F)(F)F)ON3)CC2)cc(F)cc1-c1ccc(C(=O)N(C)C)c(F)c1. The number of halogens is 5. The van der Waals surface area contributed by atoms with E-state index >= 15 is 0 Å². The van der Waals surface area contributed by atoms with Gasteiger partial charge in [0.15, 0.2) is 6.23 Å². The molecule has 2 aromatic rings. The van der Waals surface area contributed by atoms with Crippen LogP contribution in [0.5, 0.6) is 0 Å². The molecule has 0 bridgehead atoms. The maximum Gasteiger partial charge on any atom is 0.393 e. The van der Waals surface area contributed by atoms with Crippen molar-refractivity contribution in [3.05, 3.63) is 53.1 Å². The fourth-order valence-electron chi connectivity index (χ4n) is 4.76. The highest BCUT2D eigenvalue weighted by Crippen LogP contribution is 2.37. The van der Waals surface area contributed by atoms with Gasteiger partial charge in [-0.05, 0) is 68.0 Å². The van der Waals surface area contributed by atoms with Crippen molar-refractivity contribution in [2.45, 2.75) is 38.2 Å². The molecule has 1 fully saturated rings. The van der Waals surface area contributed by atoms with Crippen molar-refractivity contribution in [2.24, 2.45) is 20.9 Å². The molecule has 0 aliphatic carbocycles. The second-order valence-corrected chi connectivity index (χ2v) is 9.84. The molecular weight excluding hydrogens is 535 g/mol. The molecule has 2 aliphatic heterocycles. The number of rotatable bonds is 8. The van der Waals surface area contributed by atoms with Crippen molar-refractivity contribution in [1.29, 1.82) is 0 Å². The Morgan fingerprint density at radius 2 is 1.95 bits per heavy atom. The standard InChI is InChI=1S/C27H29F5N6O2/c1-33-15-34-24-18(10-19(28)12-21(24)17-4-5-20(22(29)11-17)26(39)37(2)3)14-38-8-6-16(7-9-38)25-35-23(40-36-25)13-27(30,31)32/h4-5,10-12,15-16,23H,1,6-9,13-14H2,2-3H3,(H,35,36). The van der Waals surface area contributed by atoms with Gasteiger partial charge in [0.2, 0.25) is 0 Å². The Kier molecular flexibility index (Phi) is 8.94. The molecule has 8 nitrogen and oxygen atoms in total. The number of piperidine rings is 1. The fraction of sp³-hybridized carbons (Fsp3) is 0.407. The Morgan fingerprint density at radius 3 is 2.58 bits per heavy atom. The summed E-state index contributed by atoms with van der Waals surface area (Å²) < 4.78 is 67.6. The quantitative estimate of drug-likeness (QED) is 0.274. The van der Waals surface area contributed by atoms with Crippen LogP contribution in [0.25, 0.3) is 11.1 Å². The van der Waals surface area contributed by atoms with Crippen LogP contribution < -0.4 is 5.48 Å². The highest BCUT2D eigenvalue weighted by Gasteiger charge is 2.36. The zero-order valence-electron chi connectivity index (χ0n) is 22.0. The summed E-state index contributed by atoms with van der Waals surface area (Å²) in [6, 6.07) is 6.65. The van der Waals surface area contributed by atoms with E-state index in [4.69, 9.17) is 4.84 Å². The van der Waals surface area contributed by atoms with Gasteiger partial charge < -0.3 is 4.90 Å². The van der Waals surface area contributed by atoms with Gasteiger partial charge in [0, 0.05) is 32.1 Å². The van der Waals surface area contributed by atoms with Gasteiger partial charge in [-0.2, -0.15) is 13.2 Å². The molecule has 0 spiro atoms. The molecule has 1 N–H and O–H groups in total. The lowest BCUT2D eigenvalue weighted by Crippen LogP contribution is -2.38. The normalized spacial score (nSPS) is 18.6. The van der Waals surface area contributed by atoms with Gasteiger partial charge >= 0.3 is 6.18 Å². The summed E-state index contributed by atoms with van der Waals surface area (Å²) >= 11 is 0. The number of carbonyl (C=O) groups excluding carboxylic acids is 1. The van der Waals surface area contributed by atoms with Gasteiger partial charge in [0.25, 0.3) is 5.91 Å². The van der Waals surface area contributed by atoms with Crippen LogP contribution >= 0.6 is 0 Å². The van der Waals surface area contributed by atoms with Gasteiger partial charge in [-0.15, -0.1) is 0 Å². The van der Waals surface area contributed by atoms with Crippen LogP contribution in [0.1, 0.15) is 35.2 Å². The summed E-state index contributed by atoms with van der Waals surface area (Å²) in [4.78, 5) is 32.6. The molecule has 2 heterocycles. The van der Waals surface area contributed by atoms with Crippen LogP contribution in [-0.2, 0) is 11.4 Å². The Labute approximate surface area is 228 Å². The number of amidine groups is 1. The minimum Gasteiger partial charge on any atom is -0.345 e. The summed E-state index contributed by atoms with van der Waals surface area (Å²) in [5.74, 6) is -1.47. The van der Waals surface area contributed by atoms with Gasteiger partial charge in [-0.3, -0.25) is 20.2 Å². The molecule has 214 valence electrons. The number of aliphatic imine (C=N–C) groups is 3. The number of amides is 1. The van der Waals surface area contributed by atoms with E-state index in [1.807, 2.05) is 0 Å². The number of likely N-dealkylation sites (tertiary alicyclic amines) is 1. The lowest BCUT2D eigenvalue weighted by Gasteiger charge is -2.32. The van der Waals surface area contributed by atoms with Gasteiger partial charge in [-0.1, -0.05) is 6.07 Å². The maximum atomic E-state index is 14.9. The molecule has 2 aliphatic rings. The van der Waals surface area contributed by atoms with Gasteiger partial charge in [0.1, 0.15) is 23.8 Å². The number of alkyl halides is 3. The number of hydroxylamine groups is 1. The number of nitrogens with one attached hydrogen (secondary N) is 1. The predicted molar refractivity (Wildman–Crippen MR) is 142 cm³/mol. The van der Waals surface area contributed by atoms with Gasteiger partial charge in [-0.25, -0.2) is 23.6 Å². The van der Waals surface area contributed by atoms with Crippen molar-refractivity contribution in [2.75, 3.05) is 27.2 Å². The molecule has 40 heavy (non-hydrogen) atoms. The molecule has 4 rings (SSSR count). The number of benzene rings is 2. The third kappa shape index (κ3) is 7.07. The minimum absolute atomic E-state index is 0.0913. The van der Waals surface area contributed by atoms with Gasteiger partial charge in [0.05, 0.1) is 17.7 Å². The number of carbonyl (C=O) groups is 1. The van der Waals surface area contributed by atoms with E-state index in [1.165, 1.54) is 55.7 Å². The number of nitrogens with zero attached hydrogens (tertiary/aromatic N) is 5. The third-order valence-electron chi connectivity index (χ3n) is 6.70. The van der Waals surface area contributed by atoms with Crippen LogP contribution in [-0.4, -0.2) is 74.2 Å². The lowest BCUT2D eigenvalue weighted by atomic mass is 9.94. The molecule has 1 amide bonds. The molecule has 0 radical (unpaired) electrons. The molecule has 1 unspecified atom stereocenters. The largest absolute Gasteiger partial charge is 0.393 e. The highest BCUT2D eigenvalue weighted by atomic mass is 19.4. The Balaban J connectivity index is 1.53. The van der Waals surface area contributed by atoms with Crippen LogP contribution in [0, 0.1) is 17.6 Å². The van der Waals surface area contributed by atoms with E-state index in [0.29, 0.717) is 60.7 Å². The number of hydrogen-bond acceptors (Lipinski definition) is 6. The summed E-state index contributed by atoms with van der Waals surface area (Å²) in [6.45, 7) is 4.85. The van der Waals surface area contributed by atoms with E-state index in [2.05, 4.69) is 32.1 Å². The average Bonchev–Trinajstić information content (AvgIpc) is 3.34. The van der Waals surface area contributed by atoms with E-state index < -0.39 is 36.4 Å². The second kappa shape index (κ2) is 12.2. The van der Waals surface area contributed by atoms with E-state index in [9.17, 15) is 26.7 Å². The molecule has 0 saturated carbocycles. The van der Waals surface area contributed by atoms with E-state index in [-0.39, 0.29) is 11.5 Å².